The van der Waals surface area contributed by atoms with Crippen LogP contribution in [-0.2, 0) is 0 Å². The van der Waals surface area contributed by atoms with E-state index in [0.717, 1.165) is 6.07 Å². The number of nitrogens with one attached hydrogen (secondary N) is 1. The minimum Gasteiger partial charge on any atom is -0.327 e. The molecule has 2 nitrogen and oxygen atoms in total. The Bertz CT molecular complexity index is 592. The largest absolute Gasteiger partial charge is 0.327 e. The number of halogens is 3. The zero-order valence-corrected chi connectivity index (χ0v) is 7.93. The molecule has 0 spiro atoms. The molecule has 0 saturated carbocycles. The van der Waals surface area contributed by atoms with E-state index in [0.29, 0.717) is 0 Å². The maximum Gasteiger partial charge on any atom is 0.284 e. The monoisotopic (exact) mass is 225 g/mol. The molecule has 1 aromatic heterocycles. The third kappa shape index (κ3) is 1.60. The van der Waals surface area contributed by atoms with Crippen LogP contribution in [0.4, 0.5) is 13.2 Å². The topological polar surface area (TPSA) is 32.9 Å². The summed E-state index contributed by atoms with van der Waals surface area (Å²) in [5, 5.41) is 0. The maximum absolute atomic E-state index is 13.4. The molecule has 5 heteroatoms. The summed E-state index contributed by atoms with van der Waals surface area (Å²) in [6, 6.07) is 4.54. The van der Waals surface area contributed by atoms with Crippen molar-refractivity contribution in [2.45, 2.75) is 0 Å². The number of benzene rings is 1. The number of aromatic nitrogens is 1. The lowest BCUT2D eigenvalue weighted by atomic mass is 10.1. The summed E-state index contributed by atoms with van der Waals surface area (Å²) in [6.07, 6.45) is 1.17. The van der Waals surface area contributed by atoms with E-state index in [9.17, 15) is 18.0 Å². The van der Waals surface area contributed by atoms with Crippen molar-refractivity contribution in [2.75, 3.05) is 0 Å². The Kier molecular flexibility index (Phi) is 2.52. The van der Waals surface area contributed by atoms with Crippen LogP contribution in [0.25, 0.3) is 11.1 Å². The van der Waals surface area contributed by atoms with E-state index in [2.05, 4.69) is 4.98 Å². The van der Waals surface area contributed by atoms with Crippen LogP contribution in [0.3, 0.4) is 0 Å². The molecule has 0 atom stereocenters. The predicted octanol–water partition coefficient (Wildman–Crippen LogP) is 2.46. The summed E-state index contributed by atoms with van der Waals surface area (Å²) in [4.78, 5) is 13.1. The second-order valence-electron chi connectivity index (χ2n) is 3.14. The summed E-state index contributed by atoms with van der Waals surface area (Å²) in [5.41, 5.74) is -1.51. The van der Waals surface area contributed by atoms with Gasteiger partial charge in [0.1, 0.15) is 0 Å². The van der Waals surface area contributed by atoms with Crippen LogP contribution >= 0.6 is 0 Å². The fraction of sp³-hybridized carbons (Fsp3) is 0. The zero-order chi connectivity index (χ0) is 11.7. The molecule has 0 aliphatic carbocycles. The summed E-state index contributed by atoms with van der Waals surface area (Å²) in [5.74, 6) is -3.39. The highest BCUT2D eigenvalue weighted by Gasteiger charge is 2.14. The van der Waals surface area contributed by atoms with Gasteiger partial charge in [0.2, 0.25) is 0 Å². The van der Waals surface area contributed by atoms with Crippen molar-refractivity contribution >= 4 is 0 Å². The molecule has 2 rings (SSSR count). The Morgan fingerprint density at radius 1 is 0.938 bits per heavy atom. The van der Waals surface area contributed by atoms with Crippen molar-refractivity contribution in [1.82, 2.24) is 4.98 Å². The quantitative estimate of drug-likeness (QED) is 0.794. The molecule has 0 saturated heterocycles. The number of rotatable bonds is 1. The van der Waals surface area contributed by atoms with Crippen LogP contribution in [0.5, 0.6) is 0 Å². The van der Waals surface area contributed by atoms with Crippen molar-refractivity contribution in [1.29, 1.82) is 0 Å². The Morgan fingerprint density at radius 3 is 2.38 bits per heavy atom. The van der Waals surface area contributed by atoms with E-state index in [-0.39, 0.29) is 11.1 Å². The van der Waals surface area contributed by atoms with E-state index < -0.39 is 23.0 Å². The van der Waals surface area contributed by atoms with Crippen LogP contribution in [0.15, 0.2) is 35.3 Å². The number of H-pyrrole nitrogens is 1. The molecule has 0 fully saturated rings. The molecule has 2 aromatic rings. The van der Waals surface area contributed by atoms with Gasteiger partial charge in [-0.3, -0.25) is 4.79 Å². The number of aromatic amines is 1. The van der Waals surface area contributed by atoms with Gasteiger partial charge in [-0.1, -0.05) is 12.1 Å². The molecule has 1 aromatic carbocycles. The molecular weight excluding hydrogens is 219 g/mol. The minimum absolute atomic E-state index is 0.263. The van der Waals surface area contributed by atoms with Gasteiger partial charge in [0, 0.05) is 17.3 Å². The molecule has 0 radical (unpaired) electrons. The number of hydrogen-bond acceptors (Lipinski definition) is 1. The Hall–Kier alpha value is -2.04. The van der Waals surface area contributed by atoms with Gasteiger partial charge < -0.3 is 4.98 Å². The van der Waals surface area contributed by atoms with Gasteiger partial charge in [-0.15, -0.1) is 0 Å². The Labute approximate surface area is 88.4 Å². The van der Waals surface area contributed by atoms with E-state index >= 15 is 0 Å². The fourth-order valence-electron chi connectivity index (χ4n) is 1.38. The lowest BCUT2D eigenvalue weighted by Gasteiger charge is -2.04. The molecule has 16 heavy (non-hydrogen) atoms. The number of hydrogen-bond donors (Lipinski definition) is 1. The van der Waals surface area contributed by atoms with Gasteiger partial charge in [0.05, 0.1) is 0 Å². The second kappa shape index (κ2) is 3.84. The maximum atomic E-state index is 13.4. The van der Waals surface area contributed by atoms with E-state index in [1.165, 1.54) is 24.4 Å². The Morgan fingerprint density at radius 2 is 1.62 bits per heavy atom. The molecule has 0 unspecified atom stereocenters. The van der Waals surface area contributed by atoms with E-state index in [1.54, 1.807) is 0 Å². The molecular formula is C11H6F3NO. The first-order chi connectivity index (χ1) is 7.61. The first kappa shape index (κ1) is 10.5. The standard InChI is InChI=1S/C11H6F3NO/c12-8-3-1-2-6(9(8)13)7-4-5-15-11(16)10(7)14/h1-5H,(H,15,16). The molecule has 1 N–H and O–H groups in total. The van der Waals surface area contributed by atoms with Gasteiger partial charge in [0.25, 0.3) is 5.56 Å². The highest BCUT2D eigenvalue weighted by Crippen LogP contribution is 2.24. The normalized spacial score (nSPS) is 10.4. The molecule has 0 aliphatic heterocycles. The predicted molar refractivity (Wildman–Crippen MR) is 52.4 cm³/mol. The smallest absolute Gasteiger partial charge is 0.284 e. The van der Waals surface area contributed by atoms with Gasteiger partial charge >= 0.3 is 0 Å². The zero-order valence-electron chi connectivity index (χ0n) is 7.93. The molecule has 0 aliphatic rings. The molecule has 0 amide bonds. The first-order valence-corrected chi connectivity index (χ1v) is 4.43. The Balaban J connectivity index is 2.73. The van der Waals surface area contributed by atoms with Gasteiger partial charge in [-0.05, 0) is 12.1 Å². The van der Waals surface area contributed by atoms with Gasteiger partial charge in [-0.2, -0.15) is 0 Å². The van der Waals surface area contributed by atoms with Crippen molar-refractivity contribution in [3.05, 3.63) is 58.3 Å². The summed E-state index contributed by atoms with van der Waals surface area (Å²) in [7, 11) is 0. The van der Waals surface area contributed by atoms with E-state index in [1.807, 2.05) is 0 Å². The van der Waals surface area contributed by atoms with E-state index in [4.69, 9.17) is 0 Å². The van der Waals surface area contributed by atoms with Crippen LogP contribution in [0, 0.1) is 17.5 Å². The lowest BCUT2D eigenvalue weighted by Crippen LogP contribution is -2.11. The summed E-state index contributed by atoms with van der Waals surface area (Å²) in [6.45, 7) is 0. The van der Waals surface area contributed by atoms with Gasteiger partial charge in [-0.25, -0.2) is 13.2 Å². The molecule has 1 heterocycles. The van der Waals surface area contributed by atoms with Crippen molar-refractivity contribution in [3.8, 4) is 11.1 Å². The van der Waals surface area contributed by atoms with Crippen LogP contribution < -0.4 is 5.56 Å². The molecule has 82 valence electrons. The van der Waals surface area contributed by atoms with Crippen molar-refractivity contribution in [2.24, 2.45) is 0 Å². The molecule has 0 bridgehead atoms. The van der Waals surface area contributed by atoms with Gasteiger partial charge in [0.15, 0.2) is 17.5 Å². The highest BCUT2D eigenvalue weighted by atomic mass is 19.2. The minimum atomic E-state index is -1.17. The SMILES string of the molecule is O=c1[nH]ccc(-c2cccc(F)c2F)c1F. The number of pyridine rings is 1. The summed E-state index contributed by atoms with van der Waals surface area (Å²) >= 11 is 0. The van der Waals surface area contributed by atoms with Crippen LogP contribution in [0.2, 0.25) is 0 Å². The van der Waals surface area contributed by atoms with Crippen molar-refractivity contribution in [3.63, 3.8) is 0 Å². The first-order valence-electron chi connectivity index (χ1n) is 4.43. The fourth-order valence-corrected chi connectivity index (χ4v) is 1.38. The average Bonchev–Trinajstić information content (AvgIpc) is 2.27. The highest BCUT2D eigenvalue weighted by molar-refractivity contribution is 5.64. The average molecular weight is 225 g/mol. The summed E-state index contributed by atoms with van der Waals surface area (Å²) < 4.78 is 39.6. The van der Waals surface area contributed by atoms with Crippen molar-refractivity contribution < 1.29 is 13.2 Å². The third-order valence-electron chi connectivity index (χ3n) is 2.14. The van der Waals surface area contributed by atoms with Crippen LogP contribution in [-0.4, -0.2) is 4.98 Å². The third-order valence-corrected chi connectivity index (χ3v) is 2.14. The van der Waals surface area contributed by atoms with Crippen LogP contribution in [0.1, 0.15) is 0 Å². The lowest BCUT2D eigenvalue weighted by molar-refractivity contribution is 0.510. The second-order valence-corrected chi connectivity index (χ2v) is 3.14.